The number of rotatable bonds is 8. The van der Waals surface area contributed by atoms with E-state index >= 15 is 0 Å². The minimum absolute atomic E-state index is 0.659. The quantitative estimate of drug-likeness (QED) is 0.564. The van der Waals surface area contributed by atoms with Gasteiger partial charge < -0.3 is 10.1 Å². The van der Waals surface area contributed by atoms with Crippen LogP contribution >= 0.6 is 27.5 Å². The molecule has 1 N–H and O–H groups in total. The molecule has 0 aliphatic carbocycles. The summed E-state index contributed by atoms with van der Waals surface area (Å²) in [6.45, 7) is 8.18. The molecule has 1 rings (SSSR count). The Balaban J connectivity index is 2.29. The highest BCUT2D eigenvalue weighted by Crippen LogP contribution is 2.34. The molecule has 0 amide bonds. The van der Waals surface area contributed by atoms with Gasteiger partial charge in [-0.3, -0.25) is 0 Å². The standard InChI is InChI=1S/C14H19BrClNO/c1-3-6-17-7-4-5-8-18-14-12(15)9-11(2)10-13(14)16/h3,9-10,17H,1,4-8H2,2H3. The predicted molar refractivity (Wildman–Crippen MR) is 81.7 cm³/mol. The topological polar surface area (TPSA) is 21.3 Å². The summed E-state index contributed by atoms with van der Waals surface area (Å²) in [7, 11) is 0. The summed E-state index contributed by atoms with van der Waals surface area (Å²) < 4.78 is 6.62. The number of nitrogens with one attached hydrogen (secondary N) is 1. The van der Waals surface area contributed by atoms with Crippen LogP contribution in [0.15, 0.2) is 29.3 Å². The van der Waals surface area contributed by atoms with Crippen molar-refractivity contribution in [3.63, 3.8) is 0 Å². The van der Waals surface area contributed by atoms with Crippen molar-refractivity contribution >= 4 is 27.5 Å². The third kappa shape index (κ3) is 5.42. The van der Waals surface area contributed by atoms with E-state index in [0.29, 0.717) is 11.6 Å². The van der Waals surface area contributed by atoms with Crippen LogP contribution in [0.1, 0.15) is 18.4 Å². The van der Waals surface area contributed by atoms with E-state index in [1.165, 1.54) is 0 Å². The van der Waals surface area contributed by atoms with E-state index in [4.69, 9.17) is 16.3 Å². The second kappa shape index (κ2) is 8.57. The summed E-state index contributed by atoms with van der Waals surface area (Å²) >= 11 is 9.61. The number of hydrogen-bond donors (Lipinski definition) is 1. The molecule has 0 aliphatic rings. The first-order valence-electron chi connectivity index (χ1n) is 6.05. The van der Waals surface area contributed by atoms with Crippen molar-refractivity contribution in [2.45, 2.75) is 19.8 Å². The average Bonchev–Trinajstić information content (AvgIpc) is 2.30. The van der Waals surface area contributed by atoms with Gasteiger partial charge in [-0.2, -0.15) is 0 Å². The van der Waals surface area contributed by atoms with Crippen molar-refractivity contribution in [1.29, 1.82) is 0 Å². The molecular weight excluding hydrogens is 314 g/mol. The fourth-order valence-electron chi connectivity index (χ4n) is 1.55. The Kier molecular flexibility index (Phi) is 7.40. The molecule has 0 radical (unpaired) electrons. The molecule has 0 saturated heterocycles. The molecule has 4 heteroatoms. The van der Waals surface area contributed by atoms with Gasteiger partial charge in [0.15, 0.2) is 5.75 Å². The zero-order chi connectivity index (χ0) is 13.4. The predicted octanol–water partition coefficient (Wildman–Crippen LogP) is 4.35. The lowest BCUT2D eigenvalue weighted by Crippen LogP contribution is -2.15. The van der Waals surface area contributed by atoms with Gasteiger partial charge in [0.25, 0.3) is 0 Å². The lowest BCUT2D eigenvalue weighted by molar-refractivity contribution is 0.304. The summed E-state index contributed by atoms with van der Waals surface area (Å²) in [5, 5.41) is 3.91. The third-order valence-corrected chi connectivity index (χ3v) is 3.30. The van der Waals surface area contributed by atoms with Crippen molar-refractivity contribution in [3.05, 3.63) is 39.8 Å². The van der Waals surface area contributed by atoms with Gasteiger partial charge in [0.05, 0.1) is 16.1 Å². The van der Waals surface area contributed by atoms with E-state index in [0.717, 1.165) is 41.7 Å². The Bertz CT molecular complexity index is 372. The molecule has 2 nitrogen and oxygen atoms in total. The van der Waals surface area contributed by atoms with Gasteiger partial charge in [0.1, 0.15) is 0 Å². The van der Waals surface area contributed by atoms with Crippen molar-refractivity contribution in [3.8, 4) is 5.75 Å². The van der Waals surface area contributed by atoms with Crippen LogP contribution in [-0.2, 0) is 0 Å². The highest BCUT2D eigenvalue weighted by Gasteiger charge is 2.07. The molecule has 18 heavy (non-hydrogen) atoms. The van der Waals surface area contributed by atoms with Gasteiger partial charge in [-0.25, -0.2) is 0 Å². The minimum Gasteiger partial charge on any atom is -0.491 e. The molecule has 1 aromatic rings. The molecule has 100 valence electrons. The lowest BCUT2D eigenvalue weighted by Gasteiger charge is -2.11. The van der Waals surface area contributed by atoms with Gasteiger partial charge in [0, 0.05) is 6.54 Å². The number of benzene rings is 1. The summed E-state index contributed by atoms with van der Waals surface area (Å²) in [6, 6.07) is 3.92. The molecular formula is C14H19BrClNO. The maximum atomic E-state index is 6.14. The van der Waals surface area contributed by atoms with E-state index in [9.17, 15) is 0 Å². The zero-order valence-corrected chi connectivity index (χ0v) is 13.0. The highest BCUT2D eigenvalue weighted by atomic mass is 79.9. The maximum absolute atomic E-state index is 6.14. The molecule has 0 aliphatic heterocycles. The smallest absolute Gasteiger partial charge is 0.152 e. The summed E-state index contributed by atoms with van der Waals surface area (Å²) in [4.78, 5) is 0. The Hall–Kier alpha value is -0.510. The van der Waals surface area contributed by atoms with E-state index in [2.05, 4.69) is 27.8 Å². The van der Waals surface area contributed by atoms with Crippen LogP contribution in [0.2, 0.25) is 5.02 Å². The molecule has 0 bridgehead atoms. The van der Waals surface area contributed by atoms with Crippen LogP contribution in [0.5, 0.6) is 5.75 Å². The SMILES string of the molecule is C=CCNCCCCOc1c(Cl)cc(C)cc1Br. The van der Waals surface area contributed by atoms with Crippen LogP contribution in [0.25, 0.3) is 0 Å². The van der Waals surface area contributed by atoms with Crippen molar-refractivity contribution in [2.24, 2.45) is 0 Å². The van der Waals surface area contributed by atoms with Crippen LogP contribution in [0.3, 0.4) is 0 Å². The Labute approximate surface area is 122 Å². The average molecular weight is 333 g/mol. The van der Waals surface area contributed by atoms with Gasteiger partial charge in [-0.05, 0) is 59.9 Å². The largest absolute Gasteiger partial charge is 0.491 e. The molecule has 1 aromatic carbocycles. The minimum atomic E-state index is 0.659. The number of hydrogen-bond acceptors (Lipinski definition) is 2. The van der Waals surface area contributed by atoms with Gasteiger partial charge >= 0.3 is 0 Å². The van der Waals surface area contributed by atoms with Crippen LogP contribution in [-0.4, -0.2) is 19.7 Å². The fraction of sp³-hybridized carbons (Fsp3) is 0.429. The molecule has 0 unspecified atom stereocenters. The Morgan fingerprint density at radius 1 is 1.44 bits per heavy atom. The normalized spacial score (nSPS) is 10.4. The zero-order valence-electron chi connectivity index (χ0n) is 10.6. The van der Waals surface area contributed by atoms with Crippen molar-refractivity contribution < 1.29 is 4.74 Å². The summed E-state index contributed by atoms with van der Waals surface area (Å²) in [5.74, 6) is 0.737. The highest BCUT2D eigenvalue weighted by molar-refractivity contribution is 9.10. The molecule has 0 spiro atoms. The monoisotopic (exact) mass is 331 g/mol. The third-order valence-electron chi connectivity index (χ3n) is 2.43. The second-order valence-corrected chi connectivity index (χ2v) is 5.37. The van der Waals surface area contributed by atoms with Crippen molar-refractivity contribution in [2.75, 3.05) is 19.7 Å². The molecule has 0 aromatic heterocycles. The van der Waals surface area contributed by atoms with Gasteiger partial charge in [-0.1, -0.05) is 17.7 Å². The number of unbranched alkanes of at least 4 members (excludes halogenated alkanes) is 1. The molecule has 0 heterocycles. The first-order valence-corrected chi connectivity index (χ1v) is 7.22. The molecule has 0 atom stereocenters. The van der Waals surface area contributed by atoms with Crippen LogP contribution in [0.4, 0.5) is 0 Å². The number of halogens is 2. The molecule has 0 saturated carbocycles. The lowest BCUT2D eigenvalue weighted by atomic mass is 10.2. The summed E-state index contributed by atoms with van der Waals surface area (Å²) in [5.41, 5.74) is 1.12. The first-order chi connectivity index (χ1) is 8.65. The van der Waals surface area contributed by atoms with E-state index in [1.54, 1.807) is 0 Å². The number of ether oxygens (including phenoxy) is 1. The number of aryl methyl sites for hydroxylation is 1. The van der Waals surface area contributed by atoms with E-state index in [-0.39, 0.29) is 0 Å². The van der Waals surface area contributed by atoms with Gasteiger partial charge in [-0.15, -0.1) is 6.58 Å². The summed E-state index contributed by atoms with van der Waals surface area (Å²) in [6.07, 6.45) is 3.94. The van der Waals surface area contributed by atoms with Crippen LogP contribution < -0.4 is 10.1 Å². The second-order valence-electron chi connectivity index (χ2n) is 4.11. The Morgan fingerprint density at radius 3 is 2.89 bits per heavy atom. The molecule has 0 fully saturated rings. The van der Waals surface area contributed by atoms with E-state index < -0.39 is 0 Å². The van der Waals surface area contributed by atoms with E-state index in [1.807, 2.05) is 25.1 Å². The van der Waals surface area contributed by atoms with Crippen molar-refractivity contribution in [1.82, 2.24) is 5.32 Å². The van der Waals surface area contributed by atoms with Gasteiger partial charge in [0.2, 0.25) is 0 Å². The maximum Gasteiger partial charge on any atom is 0.152 e. The first kappa shape index (κ1) is 15.5. The fourth-order valence-corrected chi connectivity index (χ4v) is 2.69. The Morgan fingerprint density at radius 2 is 2.22 bits per heavy atom. The van der Waals surface area contributed by atoms with Crippen LogP contribution in [0, 0.1) is 6.92 Å².